The summed E-state index contributed by atoms with van der Waals surface area (Å²) in [5.74, 6) is -1.29. The summed E-state index contributed by atoms with van der Waals surface area (Å²) in [6.07, 6.45) is -4.46. The molecule has 8 heteroatoms. The standard InChI is InChI=1S/C15H11F3N2O3/c16-15(17,18)11-5-1-9(2-6-11)13(21)19-12-7-3-10(4-8-12)14(22)20-23/h1-8,23H,(H,19,21)(H,20,22). The number of carbonyl (C=O) groups excluding carboxylic acids is 2. The molecule has 5 nitrogen and oxygen atoms in total. The Hall–Kier alpha value is -2.87. The highest BCUT2D eigenvalue weighted by Crippen LogP contribution is 2.29. The Morgan fingerprint density at radius 2 is 1.30 bits per heavy atom. The number of benzene rings is 2. The molecular weight excluding hydrogens is 313 g/mol. The van der Waals surface area contributed by atoms with E-state index in [9.17, 15) is 22.8 Å². The van der Waals surface area contributed by atoms with Crippen LogP contribution >= 0.6 is 0 Å². The summed E-state index contributed by atoms with van der Waals surface area (Å²) in [6, 6.07) is 9.38. The lowest BCUT2D eigenvalue weighted by molar-refractivity contribution is -0.137. The first kappa shape index (κ1) is 16.5. The molecule has 0 saturated heterocycles. The fourth-order valence-electron chi connectivity index (χ4n) is 1.78. The van der Waals surface area contributed by atoms with Gasteiger partial charge in [0, 0.05) is 16.8 Å². The Morgan fingerprint density at radius 3 is 1.78 bits per heavy atom. The van der Waals surface area contributed by atoms with Crippen LogP contribution in [0, 0.1) is 0 Å². The fraction of sp³-hybridized carbons (Fsp3) is 0.0667. The van der Waals surface area contributed by atoms with Crippen molar-refractivity contribution in [1.82, 2.24) is 5.48 Å². The minimum absolute atomic E-state index is 0.0650. The zero-order chi connectivity index (χ0) is 17.0. The Morgan fingerprint density at radius 1 is 0.826 bits per heavy atom. The molecule has 120 valence electrons. The Labute approximate surface area is 128 Å². The second kappa shape index (κ2) is 6.49. The highest BCUT2D eigenvalue weighted by atomic mass is 19.4. The first-order chi connectivity index (χ1) is 10.8. The molecule has 0 aliphatic carbocycles. The number of amides is 2. The van der Waals surface area contributed by atoms with Crippen molar-refractivity contribution >= 4 is 17.5 Å². The predicted octanol–water partition coefficient (Wildman–Crippen LogP) is 3.08. The van der Waals surface area contributed by atoms with Crippen molar-refractivity contribution in [3.8, 4) is 0 Å². The number of hydrogen-bond acceptors (Lipinski definition) is 3. The van der Waals surface area contributed by atoms with Gasteiger partial charge in [-0.05, 0) is 48.5 Å². The molecule has 0 aromatic heterocycles. The molecule has 0 spiro atoms. The molecule has 2 aromatic rings. The van der Waals surface area contributed by atoms with E-state index in [1.807, 2.05) is 0 Å². The summed E-state index contributed by atoms with van der Waals surface area (Å²) < 4.78 is 37.3. The molecule has 0 aliphatic rings. The second-order valence-corrected chi connectivity index (χ2v) is 4.55. The number of hydrogen-bond donors (Lipinski definition) is 3. The van der Waals surface area contributed by atoms with Crippen molar-refractivity contribution in [1.29, 1.82) is 0 Å². The molecule has 2 aromatic carbocycles. The smallest absolute Gasteiger partial charge is 0.322 e. The summed E-state index contributed by atoms with van der Waals surface area (Å²) in [5.41, 5.74) is 1.22. The van der Waals surface area contributed by atoms with Crippen LogP contribution < -0.4 is 10.8 Å². The molecule has 0 bridgehead atoms. The maximum atomic E-state index is 12.4. The van der Waals surface area contributed by atoms with Gasteiger partial charge in [0.05, 0.1) is 5.56 Å². The summed E-state index contributed by atoms with van der Waals surface area (Å²) in [7, 11) is 0. The van der Waals surface area contributed by atoms with Gasteiger partial charge in [0.1, 0.15) is 0 Å². The van der Waals surface area contributed by atoms with Gasteiger partial charge in [0.25, 0.3) is 11.8 Å². The Balaban J connectivity index is 2.08. The van der Waals surface area contributed by atoms with Crippen molar-refractivity contribution in [2.45, 2.75) is 6.18 Å². The molecule has 0 aliphatic heterocycles. The van der Waals surface area contributed by atoms with Crippen LogP contribution in [0.15, 0.2) is 48.5 Å². The van der Waals surface area contributed by atoms with Crippen molar-refractivity contribution in [2.24, 2.45) is 0 Å². The molecule has 3 N–H and O–H groups in total. The van der Waals surface area contributed by atoms with Gasteiger partial charge in [0.2, 0.25) is 0 Å². The van der Waals surface area contributed by atoms with Crippen molar-refractivity contribution in [3.63, 3.8) is 0 Å². The lowest BCUT2D eigenvalue weighted by Gasteiger charge is -2.08. The number of hydroxylamine groups is 1. The number of nitrogens with one attached hydrogen (secondary N) is 2. The third kappa shape index (κ3) is 4.07. The number of alkyl halides is 3. The lowest BCUT2D eigenvalue weighted by atomic mass is 10.1. The second-order valence-electron chi connectivity index (χ2n) is 4.55. The Bertz CT molecular complexity index is 710. The van der Waals surface area contributed by atoms with E-state index >= 15 is 0 Å². The van der Waals surface area contributed by atoms with Gasteiger partial charge >= 0.3 is 6.18 Å². The first-order valence-corrected chi connectivity index (χ1v) is 6.34. The average Bonchev–Trinajstić information content (AvgIpc) is 2.54. The molecular formula is C15H11F3N2O3. The molecule has 0 radical (unpaired) electrons. The van der Waals surface area contributed by atoms with Crippen LogP contribution in [0.2, 0.25) is 0 Å². The van der Waals surface area contributed by atoms with E-state index < -0.39 is 23.6 Å². The van der Waals surface area contributed by atoms with E-state index in [1.54, 1.807) is 0 Å². The minimum Gasteiger partial charge on any atom is -0.322 e. The summed E-state index contributed by atoms with van der Waals surface area (Å²) in [6.45, 7) is 0. The predicted molar refractivity (Wildman–Crippen MR) is 75.1 cm³/mol. The zero-order valence-electron chi connectivity index (χ0n) is 11.5. The van der Waals surface area contributed by atoms with Gasteiger partial charge in [-0.25, -0.2) is 5.48 Å². The van der Waals surface area contributed by atoms with Crippen LogP contribution in [0.3, 0.4) is 0 Å². The van der Waals surface area contributed by atoms with E-state index in [0.717, 1.165) is 24.3 Å². The van der Waals surface area contributed by atoms with Crippen molar-refractivity contribution in [3.05, 3.63) is 65.2 Å². The molecule has 2 rings (SSSR count). The third-order valence-electron chi connectivity index (χ3n) is 2.98. The Kier molecular flexibility index (Phi) is 4.65. The third-order valence-corrected chi connectivity index (χ3v) is 2.98. The minimum atomic E-state index is -4.46. The summed E-state index contributed by atoms with van der Waals surface area (Å²) in [5, 5.41) is 11.0. The van der Waals surface area contributed by atoms with Crippen molar-refractivity contribution < 1.29 is 28.0 Å². The maximum absolute atomic E-state index is 12.4. The maximum Gasteiger partial charge on any atom is 0.416 e. The zero-order valence-corrected chi connectivity index (χ0v) is 11.5. The van der Waals surface area contributed by atoms with Gasteiger partial charge in [-0.15, -0.1) is 0 Å². The largest absolute Gasteiger partial charge is 0.416 e. The number of halogens is 3. The van der Waals surface area contributed by atoms with Crippen LogP contribution in [-0.2, 0) is 6.18 Å². The molecule has 23 heavy (non-hydrogen) atoms. The van der Waals surface area contributed by atoms with E-state index in [-0.39, 0.29) is 11.1 Å². The van der Waals surface area contributed by atoms with Gasteiger partial charge in [-0.2, -0.15) is 13.2 Å². The van der Waals surface area contributed by atoms with Crippen molar-refractivity contribution in [2.75, 3.05) is 5.32 Å². The number of rotatable bonds is 3. The molecule has 0 heterocycles. The fourth-order valence-corrected chi connectivity index (χ4v) is 1.78. The number of carbonyl (C=O) groups is 2. The van der Waals surface area contributed by atoms with Gasteiger partial charge in [-0.1, -0.05) is 0 Å². The first-order valence-electron chi connectivity index (χ1n) is 6.34. The van der Waals surface area contributed by atoms with Gasteiger partial charge < -0.3 is 5.32 Å². The number of anilines is 1. The summed E-state index contributed by atoms with van der Waals surface area (Å²) >= 11 is 0. The average molecular weight is 324 g/mol. The molecule has 2 amide bonds. The van der Waals surface area contributed by atoms with E-state index in [1.165, 1.54) is 29.7 Å². The molecule has 0 atom stereocenters. The topological polar surface area (TPSA) is 78.4 Å². The highest BCUT2D eigenvalue weighted by molar-refractivity contribution is 6.04. The summed E-state index contributed by atoms with van der Waals surface area (Å²) in [4.78, 5) is 23.1. The van der Waals surface area contributed by atoms with E-state index in [4.69, 9.17) is 5.21 Å². The lowest BCUT2D eigenvalue weighted by Crippen LogP contribution is -2.18. The molecule has 0 fully saturated rings. The molecule has 0 saturated carbocycles. The monoisotopic (exact) mass is 324 g/mol. The normalized spacial score (nSPS) is 11.0. The van der Waals surface area contributed by atoms with E-state index in [2.05, 4.69) is 5.32 Å². The van der Waals surface area contributed by atoms with E-state index in [0.29, 0.717) is 5.69 Å². The van der Waals surface area contributed by atoms with Crippen LogP contribution in [0.25, 0.3) is 0 Å². The molecule has 0 unspecified atom stereocenters. The van der Waals surface area contributed by atoms with Crippen LogP contribution in [-0.4, -0.2) is 17.0 Å². The van der Waals surface area contributed by atoms with Gasteiger partial charge in [0.15, 0.2) is 0 Å². The van der Waals surface area contributed by atoms with Crippen LogP contribution in [0.4, 0.5) is 18.9 Å². The SMILES string of the molecule is O=C(NO)c1ccc(NC(=O)c2ccc(C(F)(F)F)cc2)cc1. The quantitative estimate of drug-likeness (QED) is 0.600. The highest BCUT2D eigenvalue weighted by Gasteiger charge is 2.30. The van der Waals surface area contributed by atoms with Gasteiger partial charge in [-0.3, -0.25) is 14.8 Å². The van der Waals surface area contributed by atoms with Crippen LogP contribution in [0.5, 0.6) is 0 Å². The van der Waals surface area contributed by atoms with Crippen LogP contribution in [0.1, 0.15) is 26.3 Å².